The molecule has 0 unspecified atom stereocenters. The zero-order valence-corrected chi connectivity index (χ0v) is 9.03. The van der Waals surface area contributed by atoms with Crippen molar-refractivity contribution in [3.05, 3.63) is 33.6 Å². The van der Waals surface area contributed by atoms with Crippen molar-refractivity contribution >= 4 is 5.82 Å². The minimum Gasteiger partial charge on any atom is -0.358 e. The van der Waals surface area contributed by atoms with Crippen LogP contribution in [0.5, 0.6) is 0 Å². The topological polar surface area (TPSA) is 126 Å². The Morgan fingerprint density at radius 1 is 1.65 bits per heavy atom. The van der Waals surface area contributed by atoms with Crippen molar-refractivity contribution in [1.29, 1.82) is 0 Å². The summed E-state index contributed by atoms with van der Waals surface area (Å²) in [5.74, 6) is 0.496. The zero-order valence-electron chi connectivity index (χ0n) is 9.03. The van der Waals surface area contributed by atoms with Crippen LogP contribution in [0.25, 0.3) is 0 Å². The van der Waals surface area contributed by atoms with E-state index in [4.69, 9.17) is 10.3 Å². The van der Waals surface area contributed by atoms with E-state index in [1.165, 1.54) is 10.7 Å². The summed E-state index contributed by atoms with van der Waals surface area (Å²) in [6, 6.07) is 1.38. The SMILES string of the molecule is Cc1cc([N+](=O)[O-])nn1Cc1noc(CN)n1. The van der Waals surface area contributed by atoms with Crippen LogP contribution in [0.15, 0.2) is 10.6 Å². The number of hydrogen-bond donors (Lipinski definition) is 1. The average molecular weight is 238 g/mol. The van der Waals surface area contributed by atoms with Crippen molar-refractivity contribution in [2.45, 2.75) is 20.0 Å². The van der Waals surface area contributed by atoms with Crippen LogP contribution in [-0.4, -0.2) is 24.8 Å². The van der Waals surface area contributed by atoms with Gasteiger partial charge in [-0.3, -0.25) is 0 Å². The van der Waals surface area contributed by atoms with Crippen molar-refractivity contribution in [1.82, 2.24) is 19.9 Å². The van der Waals surface area contributed by atoms with Gasteiger partial charge in [0, 0.05) is 0 Å². The van der Waals surface area contributed by atoms with Crippen LogP contribution in [0.1, 0.15) is 17.4 Å². The van der Waals surface area contributed by atoms with Gasteiger partial charge in [-0.1, -0.05) is 5.16 Å². The first-order valence-electron chi connectivity index (χ1n) is 4.80. The number of nitro groups is 1. The average Bonchev–Trinajstić information content (AvgIpc) is 2.87. The fourth-order valence-electron chi connectivity index (χ4n) is 1.31. The van der Waals surface area contributed by atoms with Gasteiger partial charge in [-0.25, -0.2) is 0 Å². The van der Waals surface area contributed by atoms with E-state index in [1.54, 1.807) is 6.92 Å². The van der Waals surface area contributed by atoms with Gasteiger partial charge in [-0.15, -0.1) is 0 Å². The molecule has 2 aromatic heterocycles. The van der Waals surface area contributed by atoms with Gasteiger partial charge < -0.3 is 20.4 Å². The second kappa shape index (κ2) is 4.29. The Kier molecular flexibility index (Phi) is 2.83. The lowest BCUT2D eigenvalue weighted by atomic mass is 10.4. The Balaban J connectivity index is 2.20. The number of aryl methyl sites for hydroxylation is 1. The molecule has 2 heterocycles. The van der Waals surface area contributed by atoms with Gasteiger partial charge in [-0.2, -0.15) is 9.67 Å². The van der Waals surface area contributed by atoms with E-state index in [1.807, 2.05) is 0 Å². The predicted molar refractivity (Wildman–Crippen MR) is 54.9 cm³/mol. The van der Waals surface area contributed by atoms with Crippen molar-refractivity contribution in [2.24, 2.45) is 5.73 Å². The molecule has 9 nitrogen and oxygen atoms in total. The van der Waals surface area contributed by atoms with E-state index in [0.29, 0.717) is 17.4 Å². The number of nitrogens with zero attached hydrogens (tertiary/aromatic N) is 5. The second-order valence-electron chi connectivity index (χ2n) is 3.37. The third-order valence-electron chi connectivity index (χ3n) is 2.13. The number of nitrogens with two attached hydrogens (primary N) is 1. The standard InChI is InChI=1S/C8H10N6O3/c1-5-2-7(14(15)16)11-13(5)4-6-10-8(3-9)17-12-6/h2H,3-4,9H2,1H3. The van der Waals surface area contributed by atoms with E-state index in [2.05, 4.69) is 15.2 Å². The summed E-state index contributed by atoms with van der Waals surface area (Å²) in [6.07, 6.45) is 0. The normalized spacial score (nSPS) is 10.7. The summed E-state index contributed by atoms with van der Waals surface area (Å²) < 4.78 is 6.25. The molecule has 2 aromatic rings. The lowest BCUT2D eigenvalue weighted by molar-refractivity contribution is -0.389. The maximum Gasteiger partial charge on any atom is 0.390 e. The lowest BCUT2D eigenvalue weighted by Crippen LogP contribution is -2.06. The minimum atomic E-state index is -0.551. The van der Waals surface area contributed by atoms with Gasteiger partial charge in [-0.05, 0) is 11.8 Å². The van der Waals surface area contributed by atoms with Crippen LogP contribution in [0, 0.1) is 17.0 Å². The number of aromatic nitrogens is 4. The largest absolute Gasteiger partial charge is 0.390 e. The monoisotopic (exact) mass is 238 g/mol. The molecule has 0 aliphatic heterocycles. The summed E-state index contributed by atoms with van der Waals surface area (Å²) in [5.41, 5.74) is 5.97. The fraction of sp³-hybridized carbons (Fsp3) is 0.375. The lowest BCUT2D eigenvalue weighted by Gasteiger charge is -1.92. The third-order valence-corrected chi connectivity index (χ3v) is 2.13. The molecule has 17 heavy (non-hydrogen) atoms. The highest BCUT2D eigenvalue weighted by Gasteiger charge is 2.17. The van der Waals surface area contributed by atoms with Gasteiger partial charge in [0.2, 0.25) is 5.89 Å². The van der Waals surface area contributed by atoms with Crippen LogP contribution < -0.4 is 5.73 Å². The molecule has 0 aliphatic rings. The molecule has 90 valence electrons. The number of hydrogen-bond acceptors (Lipinski definition) is 7. The molecule has 0 atom stereocenters. The molecule has 0 saturated heterocycles. The molecule has 0 fully saturated rings. The van der Waals surface area contributed by atoms with Crippen molar-refractivity contribution < 1.29 is 9.45 Å². The van der Waals surface area contributed by atoms with Crippen LogP contribution >= 0.6 is 0 Å². The Morgan fingerprint density at radius 3 is 2.94 bits per heavy atom. The van der Waals surface area contributed by atoms with E-state index in [-0.39, 0.29) is 18.9 Å². The van der Waals surface area contributed by atoms with Gasteiger partial charge in [0.05, 0.1) is 23.4 Å². The summed E-state index contributed by atoms with van der Waals surface area (Å²) in [6.45, 7) is 2.08. The molecule has 0 saturated carbocycles. The van der Waals surface area contributed by atoms with Gasteiger partial charge >= 0.3 is 5.82 Å². The van der Waals surface area contributed by atoms with E-state index >= 15 is 0 Å². The quantitative estimate of drug-likeness (QED) is 0.586. The van der Waals surface area contributed by atoms with Crippen molar-refractivity contribution in [2.75, 3.05) is 0 Å². The maximum absolute atomic E-state index is 10.5. The second-order valence-corrected chi connectivity index (χ2v) is 3.37. The molecule has 0 bridgehead atoms. The van der Waals surface area contributed by atoms with E-state index in [9.17, 15) is 10.1 Å². The number of rotatable bonds is 4. The first-order chi connectivity index (χ1) is 8.10. The Hall–Kier alpha value is -2.29. The Bertz CT molecular complexity index is 545. The van der Waals surface area contributed by atoms with Gasteiger partial charge in [0.25, 0.3) is 0 Å². The predicted octanol–water partition coefficient (Wildman–Crippen LogP) is -0.0103. The highest BCUT2D eigenvalue weighted by Crippen LogP contribution is 2.11. The smallest absolute Gasteiger partial charge is 0.358 e. The summed E-state index contributed by atoms with van der Waals surface area (Å²) >= 11 is 0. The molecule has 0 aromatic carbocycles. The summed E-state index contributed by atoms with van der Waals surface area (Å²) in [7, 11) is 0. The molecular weight excluding hydrogens is 228 g/mol. The van der Waals surface area contributed by atoms with E-state index in [0.717, 1.165) is 0 Å². The van der Waals surface area contributed by atoms with E-state index < -0.39 is 4.92 Å². The Morgan fingerprint density at radius 2 is 2.41 bits per heavy atom. The molecule has 0 spiro atoms. The molecular formula is C8H10N6O3. The van der Waals surface area contributed by atoms with Gasteiger partial charge in [0.15, 0.2) is 5.82 Å². The molecule has 0 radical (unpaired) electrons. The van der Waals surface area contributed by atoms with Crippen LogP contribution in [-0.2, 0) is 13.1 Å². The fourth-order valence-corrected chi connectivity index (χ4v) is 1.31. The molecule has 0 amide bonds. The highest BCUT2D eigenvalue weighted by molar-refractivity contribution is 5.21. The van der Waals surface area contributed by atoms with Crippen LogP contribution in [0.4, 0.5) is 5.82 Å². The maximum atomic E-state index is 10.5. The molecule has 2 N–H and O–H groups in total. The van der Waals surface area contributed by atoms with Gasteiger partial charge in [0.1, 0.15) is 6.54 Å². The van der Waals surface area contributed by atoms with Crippen LogP contribution in [0.3, 0.4) is 0 Å². The summed E-state index contributed by atoms with van der Waals surface area (Å²) in [4.78, 5) is 14.0. The highest BCUT2D eigenvalue weighted by atomic mass is 16.6. The first-order valence-corrected chi connectivity index (χ1v) is 4.80. The van der Waals surface area contributed by atoms with Crippen LogP contribution in [0.2, 0.25) is 0 Å². The van der Waals surface area contributed by atoms with Crippen molar-refractivity contribution in [3.8, 4) is 0 Å². The molecule has 0 aliphatic carbocycles. The summed E-state index contributed by atoms with van der Waals surface area (Å²) in [5, 5.41) is 18.0. The van der Waals surface area contributed by atoms with Crippen molar-refractivity contribution in [3.63, 3.8) is 0 Å². The third kappa shape index (κ3) is 2.28. The first kappa shape index (κ1) is 11.2. The zero-order chi connectivity index (χ0) is 12.4. The minimum absolute atomic E-state index is 0.158. The Labute approximate surface area is 95.4 Å². The molecule has 9 heteroatoms. The molecule has 2 rings (SSSR count).